The van der Waals surface area contributed by atoms with Crippen LogP contribution in [0.15, 0.2) is 48.5 Å². The lowest BCUT2D eigenvalue weighted by atomic mass is 10.0. The van der Waals surface area contributed by atoms with Crippen LogP contribution in [-0.2, 0) is 9.59 Å². The Balaban J connectivity index is 1.84. The maximum atomic E-state index is 12.2. The van der Waals surface area contributed by atoms with Crippen molar-refractivity contribution in [3.8, 4) is 0 Å². The minimum absolute atomic E-state index is 0.0285. The molecule has 2 amide bonds. The minimum Gasteiger partial charge on any atom is -0.326 e. The monoisotopic (exact) mass is 378 g/mol. The van der Waals surface area contributed by atoms with E-state index in [2.05, 4.69) is 5.32 Å². The number of halogens is 3. The number of amides is 2. The quantitative estimate of drug-likeness (QED) is 0.743. The topological polar surface area (TPSA) is 75.3 Å². The third-order valence-electron chi connectivity index (χ3n) is 3.64. The van der Waals surface area contributed by atoms with Crippen LogP contribution in [0.2, 0.25) is 0 Å². The van der Waals surface area contributed by atoms with Crippen molar-refractivity contribution in [1.82, 2.24) is 0 Å². The summed E-state index contributed by atoms with van der Waals surface area (Å²) < 4.78 is 36.5. The molecule has 0 aliphatic rings. The third kappa shape index (κ3) is 6.25. The highest BCUT2D eigenvalue weighted by atomic mass is 19.4. The molecule has 0 fully saturated rings. The van der Waals surface area contributed by atoms with Gasteiger partial charge in [-0.2, -0.15) is 13.2 Å². The van der Waals surface area contributed by atoms with Gasteiger partial charge in [0.15, 0.2) is 5.78 Å². The van der Waals surface area contributed by atoms with Gasteiger partial charge in [-0.15, -0.1) is 0 Å². The third-order valence-corrected chi connectivity index (χ3v) is 3.64. The molecule has 0 radical (unpaired) electrons. The molecule has 0 saturated carbocycles. The molecule has 2 aromatic carbocycles. The van der Waals surface area contributed by atoms with Gasteiger partial charge in [-0.1, -0.05) is 29.8 Å². The number of hydrogen-bond donors (Lipinski definition) is 2. The highest BCUT2D eigenvalue weighted by molar-refractivity contribution is 6.00. The first-order chi connectivity index (χ1) is 12.6. The number of ketones is 1. The Labute approximate surface area is 153 Å². The van der Waals surface area contributed by atoms with Crippen LogP contribution in [0.5, 0.6) is 0 Å². The Morgan fingerprint density at radius 1 is 0.815 bits per heavy atom. The van der Waals surface area contributed by atoms with E-state index in [1.807, 2.05) is 19.1 Å². The highest BCUT2D eigenvalue weighted by Gasteiger charge is 2.38. The molecule has 27 heavy (non-hydrogen) atoms. The molecule has 2 rings (SSSR count). The van der Waals surface area contributed by atoms with Crippen LogP contribution >= 0.6 is 0 Å². The number of anilines is 2. The van der Waals surface area contributed by atoms with Crippen molar-refractivity contribution in [2.24, 2.45) is 0 Å². The van der Waals surface area contributed by atoms with Crippen LogP contribution in [0.3, 0.4) is 0 Å². The number of carbonyl (C=O) groups is 3. The van der Waals surface area contributed by atoms with Crippen LogP contribution < -0.4 is 10.6 Å². The van der Waals surface area contributed by atoms with Crippen molar-refractivity contribution in [2.75, 3.05) is 10.6 Å². The minimum atomic E-state index is -4.98. The standard InChI is InChI=1S/C19H17F3N2O3/c1-12-2-4-13(5-3-12)16(25)10-11-17(26)23-14-6-8-15(9-7-14)24-18(27)19(20,21)22/h2-9H,10-11H2,1H3,(H,23,26)(H,24,27). The van der Waals surface area contributed by atoms with Crippen LogP contribution in [0, 0.1) is 6.92 Å². The fourth-order valence-electron chi connectivity index (χ4n) is 2.17. The lowest BCUT2D eigenvalue weighted by Crippen LogP contribution is -2.29. The number of aryl methyl sites for hydroxylation is 1. The first-order valence-electron chi connectivity index (χ1n) is 8.03. The van der Waals surface area contributed by atoms with Gasteiger partial charge < -0.3 is 10.6 Å². The van der Waals surface area contributed by atoms with Gasteiger partial charge in [0.25, 0.3) is 0 Å². The van der Waals surface area contributed by atoms with Crippen molar-refractivity contribution in [3.05, 3.63) is 59.7 Å². The summed E-state index contributed by atoms with van der Waals surface area (Å²) in [6.07, 6.45) is -4.97. The first-order valence-corrected chi connectivity index (χ1v) is 8.03. The predicted molar refractivity (Wildman–Crippen MR) is 94.5 cm³/mol. The number of nitrogens with one attached hydrogen (secondary N) is 2. The predicted octanol–water partition coefficient (Wildman–Crippen LogP) is 4.10. The Kier molecular flexibility index (Phi) is 6.33. The summed E-state index contributed by atoms with van der Waals surface area (Å²) in [4.78, 5) is 34.8. The fraction of sp³-hybridized carbons (Fsp3) is 0.211. The van der Waals surface area contributed by atoms with E-state index in [1.165, 1.54) is 24.3 Å². The summed E-state index contributed by atoms with van der Waals surface area (Å²) >= 11 is 0. The maximum Gasteiger partial charge on any atom is 0.471 e. The number of benzene rings is 2. The van der Waals surface area contributed by atoms with Gasteiger partial charge in [-0.25, -0.2) is 0 Å². The zero-order valence-corrected chi connectivity index (χ0v) is 14.4. The van der Waals surface area contributed by atoms with Crippen molar-refractivity contribution in [3.63, 3.8) is 0 Å². The van der Waals surface area contributed by atoms with Gasteiger partial charge in [-0.3, -0.25) is 14.4 Å². The van der Waals surface area contributed by atoms with Crippen LogP contribution in [-0.4, -0.2) is 23.8 Å². The van der Waals surface area contributed by atoms with Gasteiger partial charge in [-0.05, 0) is 31.2 Å². The molecule has 0 saturated heterocycles. The summed E-state index contributed by atoms with van der Waals surface area (Å²) in [5.74, 6) is -2.63. The van der Waals surface area contributed by atoms with Gasteiger partial charge in [0.1, 0.15) is 0 Å². The van der Waals surface area contributed by atoms with E-state index in [1.54, 1.807) is 17.4 Å². The fourth-order valence-corrected chi connectivity index (χ4v) is 2.17. The van der Waals surface area contributed by atoms with Gasteiger partial charge >= 0.3 is 12.1 Å². The number of carbonyl (C=O) groups excluding carboxylic acids is 3. The molecule has 142 valence electrons. The number of Topliss-reactive ketones (excluding diaryl/α,β-unsaturated/α-hetero) is 1. The molecular formula is C19H17F3N2O3. The highest BCUT2D eigenvalue weighted by Crippen LogP contribution is 2.20. The number of hydrogen-bond acceptors (Lipinski definition) is 3. The van der Waals surface area contributed by atoms with Crippen molar-refractivity contribution in [1.29, 1.82) is 0 Å². The van der Waals surface area contributed by atoms with Crippen LogP contribution in [0.25, 0.3) is 0 Å². The summed E-state index contributed by atoms with van der Waals surface area (Å²) in [6, 6.07) is 12.2. The van der Waals surface area contributed by atoms with Gasteiger partial charge in [0.2, 0.25) is 5.91 Å². The molecule has 8 heteroatoms. The summed E-state index contributed by atoms with van der Waals surface area (Å²) in [5, 5.41) is 4.25. The molecule has 2 aromatic rings. The van der Waals surface area contributed by atoms with Crippen LogP contribution in [0.1, 0.15) is 28.8 Å². The molecule has 0 heterocycles. The van der Waals surface area contributed by atoms with Crippen molar-refractivity contribution in [2.45, 2.75) is 25.9 Å². The van der Waals surface area contributed by atoms with E-state index in [0.717, 1.165) is 5.56 Å². The zero-order chi connectivity index (χ0) is 20.0. The Morgan fingerprint density at radius 2 is 1.33 bits per heavy atom. The summed E-state index contributed by atoms with van der Waals surface area (Å²) in [5.41, 5.74) is 1.84. The number of rotatable bonds is 6. The lowest BCUT2D eigenvalue weighted by molar-refractivity contribution is -0.167. The average molecular weight is 378 g/mol. The first kappa shape index (κ1) is 20.2. The SMILES string of the molecule is Cc1ccc(C(=O)CCC(=O)Nc2ccc(NC(=O)C(F)(F)F)cc2)cc1. The van der Waals surface area contributed by atoms with E-state index in [9.17, 15) is 27.6 Å². The molecule has 0 aliphatic carbocycles. The Morgan fingerprint density at radius 3 is 1.85 bits per heavy atom. The van der Waals surface area contributed by atoms with Gasteiger partial charge in [0, 0.05) is 29.8 Å². The van der Waals surface area contributed by atoms with E-state index in [0.29, 0.717) is 11.3 Å². The molecule has 2 N–H and O–H groups in total. The molecule has 0 spiro atoms. The van der Waals surface area contributed by atoms with E-state index in [-0.39, 0.29) is 24.3 Å². The lowest BCUT2D eigenvalue weighted by Gasteiger charge is -2.09. The normalized spacial score (nSPS) is 11.0. The zero-order valence-electron chi connectivity index (χ0n) is 14.4. The molecule has 0 atom stereocenters. The molecule has 5 nitrogen and oxygen atoms in total. The molecule has 0 aliphatic heterocycles. The smallest absolute Gasteiger partial charge is 0.326 e. The van der Waals surface area contributed by atoms with Crippen molar-refractivity contribution < 1.29 is 27.6 Å². The Bertz CT molecular complexity index is 829. The largest absolute Gasteiger partial charge is 0.471 e. The summed E-state index contributed by atoms with van der Waals surface area (Å²) in [6.45, 7) is 1.90. The van der Waals surface area contributed by atoms with Crippen LogP contribution in [0.4, 0.5) is 24.5 Å². The second-order valence-corrected chi connectivity index (χ2v) is 5.87. The van der Waals surface area contributed by atoms with E-state index in [4.69, 9.17) is 0 Å². The summed E-state index contributed by atoms with van der Waals surface area (Å²) in [7, 11) is 0. The average Bonchev–Trinajstić information content (AvgIpc) is 2.61. The van der Waals surface area contributed by atoms with E-state index < -0.39 is 18.0 Å². The van der Waals surface area contributed by atoms with Gasteiger partial charge in [0.05, 0.1) is 0 Å². The number of alkyl halides is 3. The molecule has 0 unspecified atom stereocenters. The Hall–Kier alpha value is -3.16. The van der Waals surface area contributed by atoms with Crippen molar-refractivity contribution >= 4 is 29.0 Å². The van der Waals surface area contributed by atoms with E-state index >= 15 is 0 Å². The molecular weight excluding hydrogens is 361 g/mol. The molecule has 0 bridgehead atoms. The molecule has 0 aromatic heterocycles. The second-order valence-electron chi connectivity index (χ2n) is 5.87. The second kappa shape index (κ2) is 8.48. The maximum absolute atomic E-state index is 12.2.